The Morgan fingerprint density at radius 3 is 2.86 bits per heavy atom. The molecule has 1 heterocycles. The van der Waals surface area contributed by atoms with Crippen molar-refractivity contribution in [3.8, 4) is 0 Å². The van der Waals surface area contributed by atoms with Crippen molar-refractivity contribution in [1.82, 2.24) is 4.98 Å². The van der Waals surface area contributed by atoms with Crippen molar-refractivity contribution in [2.45, 2.75) is 25.7 Å². The molecule has 1 fully saturated rings. The fraction of sp³-hybridized carbons (Fsp3) is 0.700. The molecule has 0 unspecified atom stereocenters. The summed E-state index contributed by atoms with van der Waals surface area (Å²) in [6.45, 7) is 1.16. The smallest absolute Gasteiger partial charge is 0.182 e. The molecule has 0 atom stereocenters. The van der Waals surface area contributed by atoms with Crippen molar-refractivity contribution in [2.75, 3.05) is 18.5 Å². The van der Waals surface area contributed by atoms with Crippen LogP contribution in [0.25, 0.3) is 0 Å². The molecule has 2 N–H and O–H groups in total. The molecule has 0 aliphatic heterocycles. The predicted molar refractivity (Wildman–Crippen MR) is 58.6 cm³/mol. The number of aliphatic hydroxyl groups is 1. The first-order valence-electron chi connectivity index (χ1n) is 5.09. The lowest BCUT2D eigenvalue weighted by Crippen LogP contribution is -2.30. The predicted octanol–water partition coefficient (Wildman–Crippen LogP) is 2.11. The second kappa shape index (κ2) is 4.28. The molecule has 2 rings (SSSR count). The van der Waals surface area contributed by atoms with Gasteiger partial charge < -0.3 is 10.4 Å². The van der Waals surface area contributed by atoms with Crippen LogP contribution >= 0.6 is 11.3 Å². The van der Waals surface area contributed by atoms with Gasteiger partial charge in [-0.05, 0) is 12.8 Å². The standard InChI is InChI=1S/C10H16N2OS/c13-8-10(3-1-2-4-10)7-12-9-11-5-6-14-9/h5-6,13H,1-4,7-8H2,(H,11,12). The first-order valence-corrected chi connectivity index (χ1v) is 5.97. The Balaban J connectivity index is 1.89. The zero-order valence-corrected chi connectivity index (χ0v) is 9.02. The fourth-order valence-electron chi connectivity index (χ4n) is 2.09. The van der Waals surface area contributed by atoms with Gasteiger partial charge in [0.05, 0.1) is 6.61 Å². The summed E-state index contributed by atoms with van der Waals surface area (Å²) >= 11 is 1.61. The van der Waals surface area contributed by atoms with E-state index in [9.17, 15) is 5.11 Å². The average molecular weight is 212 g/mol. The van der Waals surface area contributed by atoms with Gasteiger partial charge in [-0.2, -0.15) is 0 Å². The number of nitrogens with one attached hydrogen (secondary N) is 1. The Hall–Kier alpha value is -0.610. The van der Waals surface area contributed by atoms with Crippen molar-refractivity contribution in [1.29, 1.82) is 0 Å². The number of nitrogens with zero attached hydrogens (tertiary/aromatic N) is 1. The van der Waals surface area contributed by atoms with E-state index in [1.54, 1.807) is 17.5 Å². The number of aliphatic hydroxyl groups excluding tert-OH is 1. The second-order valence-corrected chi connectivity index (χ2v) is 4.95. The minimum absolute atomic E-state index is 0.117. The Labute approximate surface area is 88.2 Å². The molecule has 3 nitrogen and oxygen atoms in total. The lowest BCUT2D eigenvalue weighted by molar-refractivity contribution is 0.142. The van der Waals surface area contributed by atoms with E-state index in [4.69, 9.17) is 0 Å². The van der Waals surface area contributed by atoms with Crippen LogP contribution in [-0.2, 0) is 0 Å². The SMILES string of the molecule is OCC1(CNc2nccs2)CCCC1. The van der Waals surface area contributed by atoms with Gasteiger partial charge in [0.25, 0.3) is 0 Å². The summed E-state index contributed by atoms with van der Waals surface area (Å²) in [7, 11) is 0. The largest absolute Gasteiger partial charge is 0.396 e. The summed E-state index contributed by atoms with van der Waals surface area (Å²) in [6.07, 6.45) is 6.58. The number of anilines is 1. The van der Waals surface area contributed by atoms with Crippen molar-refractivity contribution in [3.05, 3.63) is 11.6 Å². The number of aromatic nitrogens is 1. The first kappa shape index (κ1) is 9.93. The van der Waals surface area contributed by atoms with Crippen molar-refractivity contribution >= 4 is 16.5 Å². The third-order valence-corrected chi connectivity index (χ3v) is 3.78. The molecule has 0 aromatic carbocycles. The molecule has 0 bridgehead atoms. The maximum absolute atomic E-state index is 9.39. The number of hydrogen-bond acceptors (Lipinski definition) is 4. The zero-order chi connectivity index (χ0) is 9.86. The molecule has 0 saturated heterocycles. The van der Waals surface area contributed by atoms with Crippen LogP contribution < -0.4 is 5.32 Å². The van der Waals surface area contributed by atoms with Gasteiger partial charge in [-0.1, -0.05) is 12.8 Å². The van der Waals surface area contributed by atoms with Gasteiger partial charge in [-0.3, -0.25) is 0 Å². The van der Waals surface area contributed by atoms with Crippen molar-refractivity contribution < 1.29 is 5.11 Å². The summed E-state index contributed by atoms with van der Waals surface area (Å²) in [6, 6.07) is 0. The van der Waals surface area contributed by atoms with E-state index in [0.29, 0.717) is 6.61 Å². The Morgan fingerprint density at radius 2 is 2.29 bits per heavy atom. The van der Waals surface area contributed by atoms with Gasteiger partial charge in [-0.25, -0.2) is 4.98 Å². The maximum atomic E-state index is 9.39. The van der Waals surface area contributed by atoms with Crippen molar-refractivity contribution in [2.24, 2.45) is 5.41 Å². The third-order valence-electron chi connectivity index (χ3n) is 3.05. The molecule has 0 spiro atoms. The highest BCUT2D eigenvalue weighted by molar-refractivity contribution is 7.13. The van der Waals surface area contributed by atoms with Gasteiger partial charge in [0.2, 0.25) is 0 Å². The van der Waals surface area contributed by atoms with Crippen LogP contribution in [0.1, 0.15) is 25.7 Å². The Kier molecular flexibility index (Phi) is 3.03. The van der Waals surface area contributed by atoms with Crippen LogP contribution in [-0.4, -0.2) is 23.2 Å². The van der Waals surface area contributed by atoms with E-state index < -0.39 is 0 Å². The summed E-state index contributed by atoms with van der Waals surface area (Å²) in [5.74, 6) is 0. The monoisotopic (exact) mass is 212 g/mol. The Bertz CT molecular complexity index is 268. The summed E-state index contributed by atoms with van der Waals surface area (Å²) in [5, 5.41) is 15.6. The minimum Gasteiger partial charge on any atom is -0.396 e. The zero-order valence-electron chi connectivity index (χ0n) is 8.20. The number of rotatable bonds is 4. The van der Waals surface area contributed by atoms with Crippen LogP contribution in [0.4, 0.5) is 5.13 Å². The fourth-order valence-corrected chi connectivity index (χ4v) is 2.62. The highest BCUT2D eigenvalue weighted by Crippen LogP contribution is 2.37. The molecular formula is C10H16N2OS. The molecule has 4 heteroatoms. The normalized spacial score (nSPS) is 19.8. The number of hydrogen-bond donors (Lipinski definition) is 2. The molecule has 1 aromatic rings. The topological polar surface area (TPSA) is 45.1 Å². The lowest BCUT2D eigenvalue weighted by Gasteiger charge is -2.26. The number of thiazole rings is 1. The van der Waals surface area contributed by atoms with E-state index in [1.807, 2.05) is 5.38 Å². The van der Waals surface area contributed by atoms with Gasteiger partial charge in [-0.15, -0.1) is 11.3 Å². The summed E-state index contributed by atoms with van der Waals surface area (Å²) in [4.78, 5) is 4.17. The first-order chi connectivity index (χ1) is 6.85. The van der Waals surface area contributed by atoms with Crippen LogP contribution in [0, 0.1) is 5.41 Å². The van der Waals surface area contributed by atoms with Gasteiger partial charge in [0, 0.05) is 23.5 Å². The van der Waals surface area contributed by atoms with Crippen molar-refractivity contribution in [3.63, 3.8) is 0 Å². The molecule has 1 saturated carbocycles. The Morgan fingerprint density at radius 1 is 1.50 bits per heavy atom. The molecule has 0 amide bonds. The average Bonchev–Trinajstić information content (AvgIpc) is 2.87. The third kappa shape index (κ3) is 2.07. The molecule has 0 radical (unpaired) electrons. The lowest BCUT2D eigenvalue weighted by atomic mass is 9.87. The minimum atomic E-state index is 0.117. The van der Waals surface area contributed by atoms with Gasteiger partial charge >= 0.3 is 0 Å². The van der Waals surface area contributed by atoms with E-state index in [-0.39, 0.29) is 5.41 Å². The molecular weight excluding hydrogens is 196 g/mol. The quantitative estimate of drug-likeness (QED) is 0.803. The van der Waals surface area contributed by atoms with E-state index in [1.165, 1.54) is 12.8 Å². The van der Waals surface area contributed by atoms with Gasteiger partial charge in [0.15, 0.2) is 5.13 Å². The molecule has 78 valence electrons. The van der Waals surface area contributed by atoms with Crippen LogP contribution in [0.3, 0.4) is 0 Å². The van der Waals surface area contributed by atoms with Crippen LogP contribution in [0.2, 0.25) is 0 Å². The van der Waals surface area contributed by atoms with Gasteiger partial charge in [0.1, 0.15) is 0 Å². The highest BCUT2D eigenvalue weighted by Gasteiger charge is 2.32. The molecule has 1 aromatic heterocycles. The summed E-state index contributed by atoms with van der Waals surface area (Å²) in [5.41, 5.74) is 0.117. The van der Waals surface area contributed by atoms with E-state index >= 15 is 0 Å². The molecule has 1 aliphatic carbocycles. The molecule has 14 heavy (non-hydrogen) atoms. The van der Waals surface area contributed by atoms with Crippen LogP contribution in [0.15, 0.2) is 11.6 Å². The van der Waals surface area contributed by atoms with Crippen LogP contribution in [0.5, 0.6) is 0 Å². The molecule has 1 aliphatic rings. The maximum Gasteiger partial charge on any atom is 0.182 e. The van der Waals surface area contributed by atoms with E-state index in [0.717, 1.165) is 24.5 Å². The highest BCUT2D eigenvalue weighted by atomic mass is 32.1. The van der Waals surface area contributed by atoms with E-state index in [2.05, 4.69) is 10.3 Å². The second-order valence-electron chi connectivity index (χ2n) is 4.06. The summed E-state index contributed by atoms with van der Waals surface area (Å²) < 4.78 is 0.